The van der Waals surface area contributed by atoms with E-state index in [9.17, 15) is 13.6 Å². The van der Waals surface area contributed by atoms with E-state index in [-0.39, 0.29) is 18.1 Å². The van der Waals surface area contributed by atoms with Crippen molar-refractivity contribution in [2.75, 3.05) is 13.6 Å². The van der Waals surface area contributed by atoms with Gasteiger partial charge in [0.1, 0.15) is 5.75 Å². The van der Waals surface area contributed by atoms with E-state index in [4.69, 9.17) is 0 Å². The van der Waals surface area contributed by atoms with Gasteiger partial charge in [0.15, 0.2) is 0 Å². The first-order chi connectivity index (χ1) is 11.0. The van der Waals surface area contributed by atoms with Gasteiger partial charge in [0.25, 0.3) is 0 Å². The van der Waals surface area contributed by atoms with Crippen LogP contribution in [-0.2, 0) is 17.6 Å². The van der Waals surface area contributed by atoms with Crippen LogP contribution in [0.4, 0.5) is 8.78 Å². The van der Waals surface area contributed by atoms with Crippen molar-refractivity contribution in [2.45, 2.75) is 19.5 Å². The maximum atomic E-state index is 12.2. The molecule has 23 heavy (non-hydrogen) atoms. The zero-order valence-electron chi connectivity index (χ0n) is 12.8. The quantitative estimate of drug-likeness (QED) is 0.788. The Hall–Kier alpha value is -2.50. The van der Waals surface area contributed by atoms with Gasteiger partial charge in [0, 0.05) is 31.9 Å². The zero-order valence-corrected chi connectivity index (χ0v) is 12.8. The second kappa shape index (κ2) is 8.22. The predicted molar refractivity (Wildman–Crippen MR) is 82.4 cm³/mol. The van der Waals surface area contributed by atoms with Gasteiger partial charge >= 0.3 is 6.61 Å². The lowest BCUT2D eigenvalue weighted by Gasteiger charge is -2.17. The topological polar surface area (TPSA) is 42.4 Å². The molecular weight excluding hydrogens is 302 g/mol. The van der Waals surface area contributed by atoms with Crippen LogP contribution in [0.2, 0.25) is 0 Å². The van der Waals surface area contributed by atoms with Gasteiger partial charge in [-0.2, -0.15) is 8.78 Å². The molecule has 0 atom stereocenters. The smallest absolute Gasteiger partial charge is 0.387 e. The van der Waals surface area contributed by atoms with Crippen molar-refractivity contribution >= 4 is 5.91 Å². The summed E-state index contributed by atoms with van der Waals surface area (Å²) in [4.78, 5) is 18.0. The van der Waals surface area contributed by atoms with E-state index in [0.717, 1.165) is 11.3 Å². The van der Waals surface area contributed by atoms with Crippen LogP contribution >= 0.6 is 0 Å². The Morgan fingerprint density at radius 1 is 1.22 bits per heavy atom. The molecule has 0 saturated carbocycles. The first-order valence-electron chi connectivity index (χ1n) is 7.22. The average molecular weight is 320 g/mol. The lowest BCUT2D eigenvalue weighted by Crippen LogP contribution is -2.30. The van der Waals surface area contributed by atoms with E-state index in [1.54, 1.807) is 30.3 Å². The third kappa shape index (κ3) is 5.65. The molecule has 2 rings (SSSR count). The first-order valence-corrected chi connectivity index (χ1v) is 7.22. The van der Waals surface area contributed by atoms with E-state index >= 15 is 0 Å². The summed E-state index contributed by atoms with van der Waals surface area (Å²) in [5.41, 5.74) is 1.68. The SMILES string of the molecule is CN(CCc1ccccn1)C(=O)Cc1ccc(OC(F)F)cc1. The standard InChI is InChI=1S/C17H18F2N2O2/c1-21(11-9-14-4-2-3-10-20-14)16(22)12-13-5-7-15(8-6-13)23-17(18)19/h2-8,10,17H,9,11-12H2,1H3. The third-order valence-electron chi connectivity index (χ3n) is 3.36. The lowest BCUT2D eigenvalue weighted by atomic mass is 10.1. The molecule has 0 N–H and O–H groups in total. The average Bonchev–Trinajstić information content (AvgIpc) is 2.55. The lowest BCUT2D eigenvalue weighted by molar-refractivity contribution is -0.129. The second-order valence-corrected chi connectivity index (χ2v) is 5.09. The predicted octanol–water partition coefficient (Wildman–Crippen LogP) is 2.93. The van der Waals surface area contributed by atoms with Gasteiger partial charge in [0.2, 0.25) is 5.91 Å². The number of carbonyl (C=O) groups excluding carboxylic acids is 1. The Bertz CT molecular complexity index is 618. The molecule has 0 fully saturated rings. The largest absolute Gasteiger partial charge is 0.435 e. The normalized spacial score (nSPS) is 10.6. The second-order valence-electron chi connectivity index (χ2n) is 5.09. The summed E-state index contributed by atoms with van der Waals surface area (Å²) in [5, 5.41) is 0. The van der Waals surface area contributed by atoms with Gasteiger partial charge in [-0.25, -0.2) is 0 Å². The highest BCUT2D eigenvalue weighted by molar-refractivity contribution is 5.78. The number of carbonyl (C=O) groups is 1. The molecule has 122 valence electrons. The number of ether oxygens (including phenoxy) is 1. The molecule has 0 aliphatic rings. The zero-order chi connectivity index (χ0) is 16.7. The highest BCUT2D eigenvalue weighted by atomic mass is 19.3. The van der Waals surface area contributed by atoms with Crippen molar-refractivity contribution in [1.82, 2.24) is 9.88 Å². The number of hydrogen-bond donors (Lipinski definition) is 0. The summed E-state index contributed by atoms with van der Waals surface area (Å²) < 4.78 is 28.4. The molecule has 6 heteroatoms. The van der Waals surface area contributed by atoms with Crippen LogP contribution in [-0.4, -0.2) is 36.0 Å². The molecule has 0 radical (unpaired) electrons. The number of benzene rings is 1. The monoisotopic (exact) mass is 320 g/mol. The minimum absolute atomic E-state index is 0.0385. The summed E-state index contributed by atoms with van der Waals surface area (Å²) in [5.74, 6) is 0.0446. The van der Waals surface area contributed by atoms with Crippen LogP contribution in [0, 0.1) is 0 Å². The molecule has 1 heterocycles. The van der Waals surface area contributed by atoms with Gasteiger partial charge in [-0.1, -0.05) is 18.2 Å². The van der Waals surface area contributed by atoms with Crippen molar-refractivity contribution in [3.8, 4) is 5.75 Å². The van der Waals surface area contributed by atoms with Crippen LogP contribution < -0.4 is 4.74 Å². The van der Waals surface area contributed by atoms with E-state index in [2.05, 4.69) is 9.72 Å². The number of aromatic nitrogens is 1. The number of nitrogens with zero attached hydrogens (tertiary/aromatic N) is 2. The molecule has 1 aromatic carbocycles. The molecule has 2 aromatic rings. The van der Waals surface area contributed by atoms with E-state index in [0.29, 0.717) is 13.0 Å². The number of rotatable bonds is 7. The molecule has 0 unspecified atom stereocenters. The summed E-state index contributed by atoms with van der Waals surface area (Å²) >= 11 is 0. The highest BCUT2D eigenvalue weighted by Gasteiger charge is 2.11. The van der Waals surface area contributed by atoms with Gasteiger partial charge in [-0.15, -0.1) is 0 Å². The number of pyridine rings is 1. The third-order valence-corrected chi connectivity index (χ3v) is 3.36. The van der Waals surface area contributed by atoms with Crippen LogP contribution in [0.3, 0.4) is 0 Å². The molecule has 0 aliphatic heterocycles. The fourth-order valence-electron chi connectivity index (χ4n) is 2.05. The van der Waals surface area contributed by atoms with Crippen LogP contribution in [0.5, 0.6) is 5.75 Å². The van der Waals surface area contributed by atoms with E-state index in [1.165, 1.54) is 12.1 Å². The van der Waals surface area contributed by atoms with Crippen LogP contribution in [0.15, 0.2) is 48.7 Å². The van der Waals surface area contributed by atoms with Crippen molar-refractivity contribution in [3.05, 3.63) is 59.9 Å². The minimum Gasteiger partial charge on any atom is -0.435 e. The number of hydrogen-bond acceptors (Lipinski definition) is 3. The number of halogens is 2. The number of amides is 1. The molecule has 0 saturated heterocycles. The fraction of sp³-hybridized carbons (Fsp3) is 0.294. The van der Waals surface area contributed by atoms with Gasteiger partial charge in [-0.05, 0) is 29.8 Å². The summed E-state index contributed by atoms with van der Waals surface area (Å²) in [6, 6.07) is 11.8. The number of likely N-dealkylation sites (N-methyl/N-ethyl adjacent to an activating group) is 1. The first kappa shape index (κ1) is 16.9. The van der Waals surface area contributed by atoms with Crippen LogP contribution in [0.1, 0.15) is 11.3 Å². The van der Waals surface area contributed by atoms with E-state index < -0.39 is 6.61 Å². The van der Waals surface area contributed by atoms with Gasteiger partial charge in [0.05, 0.1) is 6.42 Å². The Balaban J connectivity index is 1.83. The molecule has 4 nitrogen and oxygen atoms in total. The Morgan fingerprint density at radius 3 is 2.57 bits per heavy atom. The van der Waals surface area contributed by atoms with Crippen LogP contribution in [0.25, 0.3) is 0 Å². The molecule has 1 amide bonds. The minimum atomic E-state index is -2.85. The van der Waals surface area contributed by atoms with Crippen molar-refractivity contribution in [2.24, 2.45) is 0 Å². The summed E-state index contributed by atoms with van der Waals surface area (Å²) in [6.07, 6.45) is 2.62. The summed E-state index contributed by atoms with van der Waals surface area (Å²) in [6.45, 7) is -2.28. The highest BCUT2D eigenvalue weighted by Crippen LogP contribution is 2.15. The fourth-order valence-corrected chi connectivity index (χ4v) is 2.05. The maximum absolute atomic E-state index is 12.2. The van der Waals surface area contributed by atoms with Crippen molar-refractivity contribution in [3.63, 3.8) is 0 Å². The Labute approximate surface area is 133 Å². The van der Waals surface area contributed by atoms with Gasteiger partial charge in [-0.3, -0.25) is 9.78 Å². The van der Waals surface area contributed by atoms with Gasteiger partial charge < -0.3 is 9.64 Å². The molecule has 0 spiro atoms. The molecule has 0 aliphatic carbocycles. The number of alkyl halides is 2. The summed E-state index contributed by atoms with van der Waals surface area (Å²) in [7, 11) is 1.74. The molecule has 0 bridgehead atoms. The van der Waals surface area contributed by atoms with Crippen molar-refractivity contribution < 1.29 is 18.3 Å². The molecular formula is C17H18F2N2O2. The molecule has 1 aromatic heterocycles. The Morgan fingerprint density at radius 2 is 1.96 bits per heavy atom. The van der Waals surface area contributed by atoms with Crippen molar-refractivity contribution in [1.29, 1.82) is 0 Å². The Kier molecular flexibility index (Phi) is 6.02. The van der Waals surface area contributed by atoms with E-state index in [1.807, 2.05) is 18.2 Å². The maximum Gasteiger partial charge on any atom is 0.387 e.